The van der Waals surface area contributed by atoms with E-state index in [1.165, 1.54) is 16.7 Å². The van der Waals surface area contributed by atoms with Crippen molar-refractivity contribution in [3.8, 4) is 17.1 Å². The fourth-order valence-corrected chi connectivity index (χ4v) is 2.90. The van der Waals surface area contributed by atoms with Crippen molar-refractivity contribution in [1.29, 1.82) is 0 Å². The topological polar surface area (TPSA) is 121 Å². The molecule has 0 aliphatic carbocycles. The Morgan fingerprint density at radius 1 is 1.31 bits per heavy atom. The predicted molar refractivity (Wildman–Crippen MR) is 96.2 cm³/mol. The van der Waals surface area contributed by atoms with Gasteiger partial charge in [0.1, 0.15) is 5.75 Å². The van der Waals surface area contributed by atoms with E-state index < -0.39 is 5.91 Å². The lowest BCUT2D eigenvalue weighted by Crippen LogP contribution is -2.24. The van der Waals surface area contributed by atoms with E-state index in [9.17, 15) is 4.79 Å². The van der Waals surface area contributed by atoms with Gasteiger partial charge < -0.3 is 10.5 Å². The van der Waals surface area contributed by atoms with E-state index in [1.54, 1.807) is 19.5 Å². The first-order valence-electron chi connectivity index (χ1n) is 7.69. The lowest BCUT2D eigenvalue weighted by atomic mass is 10.2. The number of nitrogens with one attached hydrogen (secondary N) is 1. The number of nitrogens with two attached hydrogens (primary N) is 1. The third-order valence-electron chi connectivity index (χ3n) is 3.38. The first-order chi connectivity index (χ1) is 12.7. The summed E-state index contributed by atoms with van der Waals surface area (Å²) in [6.07, 6.45) is 3.45. The summed E-state index contributed by atoms with van der Waals surface area (Å²) in [4.78, 5) is 17.1. The second-order valence-corrected chi connectivity index (χ2v) is 6.19. The molecule has 0 aliphatic heterocycles. The maximum atomic E-state index is 10.8. The van der Waals surface area contributed by atoms with E-state index in [4.69, 9.17) is 10.5 Å². The number of carbonyl (C=O) groups is 1. The lowest BCUT2D eigenvalue weighted by molar-refractivity contribution is -0.116. The third kappa shape index (κ3) is 4.55. The van der Waals surface area contributed by atoms with Crippen molar-refractivity contribution < 1.29 is 9.53 Å². The van der Waals surface area contributed by atoms with E-state index in [0.29, 0.717) is 18.1 Å². The van der Waals surface area contributed by atoms with Gasteiger partial charge in [0.25, 0.3) is 0 Å². The minimum Gasteiger partial charge on any atom is -0.496 e. The van der Waals surface area contributed by atoms with E-state index in [0.717, 1.165) is 16.0 Å². The number of methoxy groups -OCH3 is 1. The summed E-state index contributed by atoms with van der Waals surface area (Å²) in [6, 6.07) is 9.34. The molecule has 2 aromatic heterocycles. The Morgan fingerprint density at radius 3 is 2.85 bits per heavy atom. The summed E-state index contributed by atoms with van der Waals surface area (Å²) < 4.78 is 8.28. The molecule has 2 heterocycles. The second kappa shape index (κ2) is 8.41. The van der Waals surface area contributed by atoms with Crippen LogP contribution in [-0.4, -0.2) is 44.8 Å². The van der Waals surface area contributed by atoms with Crippen LogP contribution >= 0.6 is 11.9 Å². The molecule has 0 atom stereocenters. The normalized spacial score (nSPS) is 10.7. The summed E-state index contributed by atoms with van der Waals surface area (Å²) in [5.74, 6) is 0.706. The predicted octanol–water partition coefficient (Wildman–Crippen LogP) is 0.874. The first kappa shape index (κ1) is 17.8. The molecule has 3 N–H and O–H groups in total. The molecule has 0 saturated carbocycles. The van der Waals surface area contributed by atoms with Gasteiger partial charge in [0.15, 0.2) is 0 Å². The molecular weight excluding hydrogens is 354 g/mol. The Balaban J connectivity index is 1.74. The van der Waals surface area contributed by atoms with Gasteiger partial charge in [-0.3, -0.25) is 14.5 Å². The molecule has 134 valence electrons. The number of pyridine rings is 1. The minimum atomic E-state index is -0.428. The number of ether oxygens (including phenoxy) is 1. The molecule has 3 rings (SSSR count). The minimum absolute atomic E-state index is 0.0699. The molecule has 0 spiro atoms. The summed E-state index contributed by atoms with van der Waals surface area (Å²) >= 11 is 1.27. The van der Waals surface area contributed by atoms with Gasteiger partial charge in [0, 0.05) is 18.0 Å². The highest BCUT2D eigenvalue weighted by Gasteiger charge is 2.11. The van der Waals surface area contributed by atoms with E-state index in [-0.39, 0.29) is 6.54 Å². The Bertz CT molecular complexity index is 885. The molecule has 9 nitrogen and oxygen atoms in total. The fraction of sp³-hybridized carbons (Fsp3) is 0.188. The molecule has 0 aliphatic rings. The Labute approximate surface area is 154 Å². The quantitative estimate of drug-likeness (QED) is 0.560. The number of aromatic nitrogens is 5. The summed E-state index contributed by atoms with van der Waals surface area (Å²) in [5.41, 5.74) is 6.93. The maximum Gasteiger partial charge on any atom is 0.232 e. The molecule has 0 unspecified atom stereocenters. The van der Waals surface area contributed by atoms with Crippen LogP contribution in [0.3, 0.4) is 0 Å². The van der Waals surface area contributed by atoms with E-state index in [1.807, 2.05) is 30.3 Å². The molecule has 10 heteroatoms. The van der Waals surface area contributed by atoms with Crippen LogP contribution < -0.4 is 15.2 Å². The second-order valence-electron chi connectivity index (χ2n) is 5.25. The van der Waals surface area contributed by atoms with Crippen LogP contribution in [0.4, 0.5) is 0 Å². The van der Waals surface area contributed by atoms with Crippen LogP contribution in [0.2, 0.25) is 0 Å². The standard InChI is InChI=1S/C16H17N7O2S/c1-25-13-8-12(2-3-14(13)26-19-9-15(17)24)16-20-22-23(21-16)10-11-4-6-18-7-5-11/h2-8,19H,9-10H2,1H3,(H2,17,24). The largest absolute Gasteiger partial charge is 0.496 e. The number of primary amides is 1. The molecule has 0 radical (unpaired) electrons. The van der Waals surface area contributed by atoms with E-state index >= 15 is 0 Å². The molecular formula is C16H17N7O2S. The fourth-order valence-electron chi connectivity index (χ4n) is 2.15. The zero-order chi connectivity index (χ0) is 18.4. The molecule has 0 saturated heterocycles. The van der Waals surface area contributed by atoms with Gasteiger partial charge in [-0.15, -0.1) is 10.2 Å². The van der Waals surface area contributed by atoms with Crippen LogP contribution in [0.15, 0.2) is 47.6 Å². The van der Waals surface area contributed by atoms with Gasteiger partial charge in [-0.25, -0.2) is 0 Å². The molecule has 26 heavy (non-hydrogen) atoms. The first-order valence-corrected chi connectivity index (χ1v) is 8.50. The van der Waals surface area contributed by atoms with Crippen molar-refractivity contribution in [2.45, 2.75) is 11.4 Å². The summed E-state index contributed by atoms with van der Waals surface area (Å²) in [5, 5.41) is 12.6. The van der Waals surface area contributed by atoms with Crippen molar-refractivity contribution in [2.75, 3.05) is 13.7 Å². The van der Waals surface area contributed by atoms with Gasteiger partial charge in [-0.2, -0.15) is 4.80 Å². The van der Waals surface area contributed by atoms with Gasteiger partial charge in [0.05, 0.1) is 25.1 Å². The average molecular weight is 371 g/mol. The monoisotopic (exact) mass is 371 g/mol. The van der Waals surface area contributed by atoms with Crippen LogP contribution in [-0.2, 0) is 11.3 Å². The van der Waals surface area contributed by atoms with Crippen molar-refractivity contribution in [2.24, 2.45) is 5.73 Å². The van der Waals surface area contributed by atoms with Gasteiger partial charge in [-0.1, -0.05) is 0 Å². The molecule has 1 aromatic carbocycles. The highest BCUT2D eigenvalue weighted by atomic mass is 32.2. The highest BCUT2D eigenvalue weighted by molar-refractivity contribution is 7.97. The summed E-state index contributed by atoms with van der Waals surface area (Å²) in [6.45, 7) is 0.581. The van der Waals surface area contributed by atoms with Crippen LogP contribution in [0.25, 0.3) is 11.4 Å². The van der Waals surface area contributed by atoms with Crippen LogP contribution in [0, 0.1) is 0 Å². The Hall–Kier alpha value is -2.98. The zero-order valence-corrected chi connectivity index (χ0v) is 14.8. The molecule has 3 aromatic rings. The highest BCUT2D eigenvalue weighted by Crippen LogP contribution is 2.31. The van der Waals surface area contributed by atoms with Crippen molar-refractivity contribution >= 4 is 17.9 Å². The molecule has 1 amide bonds. The number of hydrogen-bond donors (Lipinski definition) is 2. The third-order valence-corrected chi connectivity index (χ3v) is 4.22. The van der Waals surface area contributed by atoms with Gasteiger partial charge >= 0.3 is 0 Å². The smallest absolute Gasteiger partial charge is 0.232 e. The van der Waals surface area contributed by atoms with E-state index in [2.05, 4.69) is 25.1 Å². The SMILES string of the molecule is COc1cc(-c2nnn(Cc3ccncc3)n2)ccc1SNCC(N)=O. The zero-order valence-electron chi connectivity index (χ0n) is 14.0. The van der Waals surface area contributed by atoms with Crippen molar-refractivity contribution in [1.82, 2.24) is 29.9 Å². The lowest BCUT2D eigenvalue weighted by Gasteiger charge is -2.09. The van der Waals surface area contributed by atoms with Gasteiger partial charge in [0.2, 0.25) is 11.7 Å². The van der Waals surface area contributed by atoms with Crippen LogP contribution in [0.1, 0.15) is 5.56 Å². The maximum absolute atomic E-state index is 10.8. The van der Waals surface area contributed by atoms with Gasteiger partial charge in [-0.05, 0) is 53.1 Å². The number of nitrogens with zero attached hydrogens (tertiary/aromatic N) is 5. The Kier molecular flexibility index (Phi) is 5.77. The number of amides is 1. The number of tetrazole rings is 1. The molecule has 0 fully saturated rings. The van der Waals surface area contributed by atoms with Crippen LogP contribution in [0.5, 0.6) is 5.75 Å². The molecule has 0 bridgehead atoms. The summed E-state index contributed by atoms with van der Waals surface area (Å²) in [7, 11) is 1.57. The number of benzene rings is 1. The number of rotatable bonds is 8. The Morgan fingerprint density at radius 2 is 2.12 bits per heavy atom. The van der Waals surface area contributed by atoms with Crippen molar-refractivity contribution in [3.63, 3.8) is 0 Å². The number of carbonyl (C=O) groups excluding carboxylic acids is 1. The van der Waals surface area contributed by atoms with Crippen molar-refractivity contribution in [3.05, 3.63) is 48.3 Å². The number of hydrogen-bond acceptors (Lipinski definition) is 8. The average Bonchev–Trinajstić information content (AvgIpc) is 3.11.